The van der Waals surface area contributed by atoms with Crippen molar-refractivity contribution >= 4 is 17.5 Å². The van der Waals surface area contributed by atoms with E-state index >= 15 is 0 Å². The van der Waals surface area contributed by atoms with Crippen LogP contribution in [0.3, 0.4) is 0 Å². The quantitative estimate of drug-likeness (QED) is 0.831. The first kappa shape index (κ1) is 16.5. The van der Waals surface area contributed by atoms with Crippen LogP contribution in [0.25, 0.3) is 0 Å². The number of carbonyl (C=O) groups is 2. The van der Waals surface area contributed by atoms with Gasteiger partial charge in [-0.15, -0.1) is 0 Å². The van der Waals surface area contributed by atoms with Crippen molar-refractivity contribution in [2.45, 2.75) is 26.2 Å². The Balaban J connectivity index is 1.75. The van der Waals surface area contributed by atoms with Gasteiger partial charge in [-0.2, -0.15) is 0 Å². The maximum absolute atomic E-state index is 11.9. The first-order chi connectivity index (χ1) is 10.6. The summed E-state index contributed by atoms with van der Waals surface area (Å²) in [7, 11) is 2.10. The fourth-order valence-corrected chi connectivity index (χ4v) is 2.60. The first-order valence-electron chi connectivity index (χ1n) is 7.95. The monoisotopic (exact) mass is 303 g/mol. The third-order valence-corrected chi connectivity index (χ3v) is 4.22. The number of nitrogens with one attached hydrogen (secondary N) is 2. The van der Waals surface area contributed by atoms with Crippen LogP contribution in [0, 0.1) is 5.92 Å². The number of hydrogen-bond acceptors (Lipinski definition) is 3. The van der Waals surface area contributed by atoms with Crippen LogP contribution in [0.4, 0.5) is 5.69 Å². The Kier molecular flexibility index (Phi) is 5.95. The van der Waals surface area contributed by atoms with Crippen molar-refractivity contribution in [3.63, 3.8) is 0 Å². The second kappa shape index (κ2) is 7.94. The molecule has 5 heteroatoms. The van der Waals surface area contributed by atoms with Crippen LogP contribution in [0.15, 0.2) is 24.3 Å². The number of benzene rings is 1. The molecule has 22 heavy (non-hydrogen) atoms. The molecule has 0 bridgehead atoms. The van der Waals surface area contributed by atoms with Crippen molar-refractivity contribution in [1.29, 1.82) is 0 Å². The fraction of sp³-hybridized carbons (Fsp3) is 0.529. The van der Waals surface area contributed by atoms with Crippen molar-refractivity contribution in [3.8, 4) is 0 Å². The van der Waals surface area contributed by atoms with Gasteiger partial charge in [-0.3, -0.25) is 9.59 Å². The molecular formula is C17H25N3O2. The standard InChI is InChI=1S/C17H25N3O2/c1-3-13-4-6-15(7-5-13)19-17(22)16(21)18-12-14-8-10-20(2)11-9-14/h4-7,14H,3,8-12H2,1-2H3,(H,18,21)(H,19,22). The number of amides is 2. The summed E-state index contributed by atoms with van der Waals surface area (Å²) in [4.78, 5) is 26.0. The highest BCUT2D eigenvalue weighted by Gasteiger charge is 2.19. The van der Waals surface area contributed by atoms with Gasteiger partial charge in [0.2, 0.25) is 0 Å². The zero-order valence-electron chi connectivity index (χ0n) is 13.4. The Labute approximate surface area is 132 Å². The number of anilines is 1. The third kappa shape index (κ3) is 4.84. The van der Waals surface area contributed by atoms with E-state index in [9.17, 15) is 9.59 Å². The van der Waals surface area contributed by atoms with Crippen molar-refractivity contribution in [2.24, 2.45) is 5.92 Å². The van der Waals surface area contributed by atoms with E-state index in [4.69, 9.17) is 0 Å². The van der Waals surface area contributed by atoms with Gasteiger partial charge in [0, 0.05) is 12.2 Å². The zero-order valence-corrected chi connectivity index (χ0v) is 13.4. The minimum atomic E-state index is -0.600. The van der Waals surface area contributed by atoms with Crippen LogP contribution in [0.1, 0.15) is 25.3 Å². The average Bonchev–Trinajstić information content (AvgIpc) is 2.54. The summed E-state index contributed by atoms with van der Waals surface area (Å²) < 4.78 is 0. The minimum absolute atomic E-state index is 0.469. The zero-order chi connectivity index (χ0) is 15.9. The van der Waals surface area contributed by atoms with Crippen molar-refractivity contribution in [3.05, 3.63) is 29.8 Å². The molecule has 0 atom stereocenters. The molecule has 0 unspecified atom stereocenters. The van der Waals surface area contributed by atoms with Crippen LogP contribution in [-0.2, 0) is 16.0 Å². The molecule has 0 spiro atoms. The minimum Gasteiger partial charge on any atom is -0.348 e. The number of hydrogen-bond donors (Lipinski definition) is 2. The summed E-state index contributed by atoms with van der Waals surface area (Å²) in [5.74, 6) is -0.688. The van der Waals surface area contributed by atoms with Crippen LogP contribution in [0.2, 0.25) is 0 Å². The lowest BCUT2D eigenvalue weighted by Crippen LogP contribution is -2.41. The predicted molar refractivity (Wildman–Crippen MR) is 87.7 cm³/mol. The van der Waals surface area contributed by atoms with E-state index in [1.165, 1.54) is 5.56 Å². The second-order valence-corrected chi connectivity index (χ2v) is 5.96. The Morgan fingerprint density at radius 3 is 2.36 bits per heavy atom. The molecule has 2 rings (SSSR count). The van der Waals surface area contributed by atoms with Gasteiger partial charge in [0.15, 0.2) is 0 Å². The molecule has 1 fully saturated rings. The van der Waals surface area contributed by atoms with Crippen LogP contribution < -0.4 is 10.6 Å². The van der Waals surface area contributed by atoms with Crippen LogP contribution >= 0.6 is 0 Å². The molecule has 1 saturated heterocycles. The predicted octanol–water partition coefficient (Wildman–Crippen LogP) is 1.65. The van der Waals surface area contributed by atoms with Gasteiger partial charge in [-0.1, -0.05) is 19.1 Å². The number of rotatable bonds is 4. The highest BCUT2D eigenvalue weighted by molar-refractivity contribution is 6.39. The molecule has 120 valence electrons. The second-order valence-electron chi connectivity index (χ2n) is 5.96. The molecule has 0 aromatic heterocycles. The van der Waals surface area contributed by atoms with Gasteiger partial charge in [0.05, 0.1) is 0 Å². The highest BCUT2D eigenvalue weighted by Crippen LogP contribution is 2.14. The molecule has 1 aromatic rings. The van der Waals surface area contributed by atoms with Crippen LogP contribution in [0.5, 0.6) is 0 Å². The molecule has 1 heterocycles. The van der Waals surface area contributed by atoms with E-state index in [1.807, 2.05) is 24.3 Å². The van der Waals surface area contributed by atoms with E-state index in [0.29, 0.717) is 18.2 Å². The van der Waals surface area contributed by atoms with Gasteiger partial charge >= 0.3 is 11.8 Å². The molecule has 0 radical (unpaired) electrons. The lowest BCUT2D eigenvalue weighted by molar-refractivity contribution is -0.136. The van der Waals surface area contributed by atoms with Crippen molar-refractivity contribution in [2.75, 3.05) is 32.0 Å². The maximum Gasteiger partial charge on any atom is 0.313 e. The third-order valence-electron chi connectivity index (χ3n) is 4.22. The lowest BCUT2D eigenvalue weighted by Gasteiger charge is -2.28. The molecular weight excluding hydrogens is 278 g/mol. The molecule has 0 saturated carbocycles. The van der Waals surface area contributed by atoms with Gasteiger partial charge < -0.3 is 15.5 Å². The molecule has 1 aromatic carbocycles. The topological polar surface area (TPSA) is 61.4 Å². The molecule has 0 aliphatic carbocycles. The molecule has 1 aliphatic rings. The molecule has 1 aliphatic heterocycles. The highest BCUT2D eigenvalue weighted by atomic mass is 16.2. The van der Waals surface area contributed by atoms with Gasteiger partial charge in [-0.05, 0) is 63.0 Å². The molecule has 5 nitrogen and oxygen atoms in total. The Hall–Kier alpha value is -1.88. The Morgan fingerprint density at radius 1 is 1.14 bits per heavy atom. The SMILES string of the molecule is CCc1ccc(NC(=O)C(=O)NCC2CCN(C)CC2)cc1. The average molecular weight is 303 g/mol. The Bertz CT molecular complexity index is 505. The summed E-state index contributed by atoms with van der Waals surface area (Å²) in [6, 6.07) is 7.54. The number of piperidine rings is 1. The summed E-state index contributed by atoms with van der Waals surface area (Å²) in [5.41, 5.74) is 1.85. The largest absolute Gasteiger partial charge is 0.348 e. The number of nitrogens with zero attached hydrogens (tertiary/aromatic N) is 1. The van der Waals surface area contributed by atoms with E-state index in [2.05, 4.69) is 29.5 Å². The van der Waals surface area contributed by atoms with E-state index in [1.54, 1.807) is 0 Å². The first-order valence-corrected chi connectivity index (χ1v) is 7.95. The number of aryl methyl sites for hydroxylation is 1. The van der Waals surface area contributed by atoms with Crippen LogP contribution in [-0.4, -0.2) is 43.4 Å². The van der Waals surface area contributed by atoms with Crippen molar-refractivity contribution < 1.29 is 9.59 Å². The molecule has 2 N–H and O–H groups in total. The van der Waals surface area contributed by atoms with Gasteiger partial charge in [0.25, 0.3) is 0 Å². The van der Waals surface area contributed by atoms with E-state index < -0.39 is 11.8 Å². The van der Waals surface area contributed by atoms with E-state index in [-0.39, 0.29) is 0 Å². The summed E-state index contributed by atoms with van der Waals surface area (Å²) >= 11 is 0. The fourth-order valence-electron chi connectivity index (χ4n) is 2.60. The Morgan fingerprint density at radius 2 is 1.77 bits per heavy atom. The van der Waals surface area contributed by atoms with Gasteiger partial charge in [-0.25, -0.2) is 0 Å². The molecule has 2 amide bonds. The smallest absolute Gasteiger partial charge is 0.313 e. The van der Waals surface area contributed by atoms with Crippen molar-refractivity contribution in [1.82, 2.24) is 10.2 Å². The number of carbonyl (C=O) groups excluding carboxylic acids is 2. The maximum atomic E-state index is 11.9. The summed E-state index contributed by atoms with van der Waals surface area (Å²) in [6.45, 7) is 4.76. The number of likely N-dealkylation sites (tertiary alicyclic amines) is 1. The van der Waals surface area contributed by atoms with Gasteiger partial charge in [0.1, 0.15) is 0 Å². The van der Waals surface area contributed by atoms with E-state index in [0.717, 1.165) is 32.4 Å². The lowest BCUT2D eigenvalue weighted by atomic mass is 9.97. The summed E-state index contributed by atoms with van der Waals surface area (Å²) in [5, 5.41) is 5.37. The normalized spacial score (nSPS) is 16.3. The summed E-state index contributed by atoms with van der Waals surface area (Å²) in [6.07, 6.45) is 3.08.